The van der Waals surface area contributed by atoms with E-state index >= 15 is 4.39 Å². The molecule has 1 atom stereocenters. The Kier molecular flexibility index (Phi) is 11.1. The number of likely N-dealkylation sites (tertiary alicyclic amines) is 1. The van der Waals surface area contributed by atoms with Gasteiger partial charge in [0, 0.05) is 18.7 Å². The summed E-state index contributed by atoms with van der Waals surface area (Å²) in [5.41, 5.74) is -1.24. The topological polar surface area (TPSA) is 85.3 Å². The summed E-state index contributed by atoms with van der Waals surface area (Å²) in [6.45, 7) is 13.3. The van der Waals surface area contributed by atoms with Crippen molar-refractivity contribution in [3.05, 3.63) is 55.3 Å². The summed E-state index contributed by atoms with van der Waals surface area (Å²) < 4.78 is 26.6. The van der Waals surface area contributed by atoms with Crippen LogP contribution in [0.2, 0.25) is 5.02 Å². The van der Waals surface area contributed by atoms with E-state index in [9.17, 15) is 14.5 Å². The second kappa shape index (κ2) is 13.2. The van der Waals surface area contributed by atoms with Crippen LogP contribution in [0.25, 0.3) is 5.57 Å². The predicted octanol–water partition coefficient (Wildman–Crippen LogP) is 8.22. The molecular weight excluding hydrogens is 579 g/mol. The van der Waals surface area contributed by atoms with Gasteiger partial charge in [0.05, 0.1) is 16.6 Å². The first-order chi connectivity index (χ1) is 17.8. The van der Waals surface area contributed by atoms with Crippen molar-refractivity contribution < 1.29 is 23.5 Å². The van der Waals surface area contributed by atoms with Crippen molar-refractivity contribution in [1.82, 2.24) is 4.90 Å². The first-order valence-corrected chi connectivity index (χ1v) is 13.9. The Balaban J connectivity index is 2.99. The Labute approximate surface area is 237 Å². The van der Waals surface area contributed by atoms with Crippen molar-refractivity contribution in [2.45, 2.75) is 78.7 Å². The zero-order valence-electron chi connectivity index (χ0n) is 23.0. The van der Waals surface area contributed by atoms with Gasteiger partial charge in [-0.05, 0) is 90.3 Å². The van der Waals surface area contributed by atoms with Gasteiger partial charge in [-0.3, -0.25) is 4.79 Å². The third kappa shape index (κ3) is 6.84. The number of carbonyl (C=O) groups excluding carboxylic acids is 2. The number of methoxy groups -OCH3 is 1. The quantitative estimate of drug-likeness (QED) is 0.121. The SMILES string of the molecule is C=C(CCC)/C(N=O)=C(\c1cc(Cl)c(Br)c(F)c1CCC)C1(C(=O)OC)CCCN(C(=O)OC(C)(C)C)C1. The molecule has 0 N–H and O–H groups in total. The summed E-state index contributed by atoms with van der Waals surface area (Å²) >= 11 is 9.65. The van der Waals surface area contributed by atoms with Gasteiger partial charge in [0.2, 0.25) is 0 Å². The van der Waals surface area contributed by atoms with Crippen LogP contribution < -0.4 is 0 Å². The number of hydrogen-bond donors (Lipinski definition) is 0. The van der Waals surface area contributed by atoms with Crippen LogP contribution in [0.5, 0.6) is 0 Å². The third-order valence-corrected chi connectivity index (χ3v) is 7.75. The van der Waals surface area contributed by atoms with E-state index < -0.39 is 28.9 Å². The van der Waals surface area contributed by atoms with Crippen LogP contribution in [0.15, 0.2) is 33.6 Å². The standard InChI is InChI=1S/C28H37BrClFN2O5/c1-8-11-17(3)24(32-36)21(19-15-20(30)22(29)23(31)18(19)12-9-2)28(25(34)37-7)13-10-14-33(16-28)26(35)38-27(4,5)6/h15H,3,8-14,16H2,1-2,4-7H3/b24-21-. The van der Waals surface area contributed by atoms with Crippen LogP contribution >= 0.6 is 27.5 Å². The van der Waals surface area contributed by atoms with Gasteiger partial charge in [-0.2, -0.15) is 0 Å². The van der Waals surface area contributed by atoms with Crippen LogP contribution in [0.3, 0.4) is 0 Å². The minimum Gasteiger partial charge on any atom is -0.468 e. The number of esters is 1. The fraction of sp³-hybridized carbons (Fsp3) is 0.571. The summed E-state index contributed by atoms with van der Waals surface area (Å²) in [5.74, 6) is -1.26. The number of nitrogens with zero attached hydrogens (tertiary/aromatic N) is 2. The van der Waals surface area contributed by atoms with E-state index in [1.54, 1.807) is 20.8 Å². The molecule has 0 saturated carbocycles. The lowest BCUT2D eigenvalue weighted by molar-refractivity contribution is -0.151. The smallest absolute Gasteiger partial charge is 0.410 e. The van der Waals surface area contributed by atoms with Gasteiger partial charge in [-0.15, -0.1) is 4.91 Å². The normalized spacial score (nSPS) is 18.5. The maximum absolute atomic E-state index is 15.7. The Hall–Kier alpha value is -2.26. The van der Waals surface area contributed by atoms with E-state index in [2.05, 4.69) is 27.7 Å². The van der Waals surface area contributed by atoms with E-state index in [1.165, 1.54) is 18.1 Å². The Bertz CT molecular complexity index is 1130. The van der Waals surface area contributed by atoms with Crippen molar-refractivity contribution in [2.24, 2.45) is 10.6 Å². The first-order valence-electron chi connectivity index (χ1n) is 12.8. The monoisotopic (exact) mass is 614 g/mol. The molecular formula is C28H37BrClFN2O5. The molecule has 1 aliphatic rings. The number of hydrogen-bond acceptors (Lipinski definition) is 6. The van der Waals surface area contributed by atoms with E-state index in [0.717, 1.165) is 0 Å². The lowest BCUT2D eigenvalue weighted by atomic mass is 9.68. The number of piperidine rings is 1. The molecule has 1 aliphatic heterocycles. The average Bonchev–Trinajstić information content (AvgIpc) is 2.86. The Morgan fingerprint density at radius 2 is 1.95 bits per heavy atom. The van der Waals surface area contributed by atoms with Crippen LogP contribution in [0, 0.1) is 16.1 Å². The number of benzene rings is 1. The van der Waals surface area contributed by atoms with Gasteiger partial charge >= 0.3 is 12.1 Å². The lowest BCUT2D eigenvalue weighted by Crippen LogP contribution is -2.52. The second-order valence-electron chi connectivity index (χ2n) is 10.5. The molecule has 7 nitrogen and oxygen atoms in total. The van der Waals surface area contributed by atoms with Crippen molar-refractivity contribution in [2.75, 3.05) is 20.2 Å². The number of ether oxygens (including phenoxy) is 2. The summed E-state index contributed by atoms with van der Waals surface area (Å²) in [4.78, 5) is 40.7. The molecule has 0 aliphatic carbocycles. The molecule has 1 heterocycles. The van der Waals surface area contributed by atoms with Gasteiger partial charge in [0.25, 0.3) is 0 Å². The minimum atomic E-state index is -1.55. The van der Waals surface area contributed by atoms with E-state index in [-0.39, 0.29) is 44.9 Å². The van der Waals surface area contributed by atoms with Gasteiger partial charge in [0.15, 0.2) is 0 Å². The number of nitroso groups, excluding NO2 is 1. The first kappa shape index (κ1) is 32.0. The highest BCUT2D eigenvalue weighted by atomic mass is 79.9. The van der Waals surface area contributed by atoms with Crippen molar-refractivity contribution >= 4 is 45.2 Å². The highest BCUT2D eigenvalue weighted by Gasteiger charge is 2.51. The number of halogens is 3. The molecule has 1 amide bonds. The highest BCUT2D eigenvalue weighted by Crippen LogP contribution is 2.50. The van der Waals surface area contributed by atoms with Gasteiger partial charge in [0.1, 0.15) is 22.5 Å². The van der Waals surface area contributed by atoms with Gasteiger partial charge < -0.3 is 14.4 Å². The molecule has 210 valence electrons. The molecule has 0 bridgehead atoms. The van der Waals surface area contributed by atoms with Gasteiger partial charge in [-0.1, -0.05) is 44.9 Å². The molecule has 10 heteroatoms. The van der Waals surface area contributed by atoms with Crippen molar-refractivity contribution in [3.63, 3.8) is 0 Å². The summed E-state index contributed by atoms with van der Waals surface area (Å²) in [7, 11) is 1.24. The highest BCUT2D eigenvalue weighted by molar-refractivity contribution is 9.10. The summed E-state index contributed by atoms with van der Waals surface area (Å²) in [5, 5.41) is 3.41. The second-order valence-corrected chi connectivity index (χ2v) is 11.7. The fourth-order valence-corrected chi connectivity index (χ4v) is 5.42. The molecule has 1 unspecified atom stereocenters. The van der Waals surface area contributed by atoms with Gasteiger partial charge in [-0.25, -0.2) is 9.18 Å². The summed E-state index contributed by atoms with van der Waals surface area (Å²) in [6.07, 6.45) is 2.01. The van der Waals surface area contributed by atoms with E-state index in [4.69, 9.17) is 21.1 Å². The van der Waals surface area contributed by atoms with Crippen LogP contribution in [0.4, 0.5) is 9.18 Å². The lowest BCUT2D eigenvalue weighted by Gasteiger charge is -2.43. The summed E-state index contributed by atoms with van der Waals surface area (Å²) in [6, 6.07) is 1.54. The number of rotatable bonds is 9. The molecule has 0 radical (unpaired) electrons. The molecule has 2 rings (SSSR count). The van der Waals surface area contributed by atoms with Crippen LogP contribution in [-0.2, 0) is 20.7 Å². The fourth-order valence-electron chi connectivity index (χ4n) is 4.88. The van der Waals surface area contributed by atoms with E-state index in [0.29, 0.717) is 44.2 Å². The number of allylic oxidation sites excluding steroid dienone is 1. The number of amides is 1. The molecule has 0 aromatic heterocycles. The third-order valence-electron chi connectivity index (χ3n) is 6.45. The minimum absolute atomic E-state index is 0.0570. The maximum Gasteiger partial charge on any atom is 0.410 e. The zero-order chi connectivity index (χ0) is 28.8. The predicted molar refractivity (Wildman–Crippen MR) is 151 cm³/mol. The van der Waals surface area contributed by atoms with Crippen LogP contribution in [0.1, 0.15) is 77.8 Å². The zero-order valence-corrected chi connectivity index (χ0v) is 25.4. The van der Waals surface area contributed by atoms with E-state index in [1.807, 2.05) is 13.8 Å². The largest absolute Gasteiger partial charge is 0.468 e. The molecule has 38 heavy (non-hydrogen) atoms. The Morgan fingerprint density at radius 3 is 2.47 bits per heavy atom. The molecule has 1 saturated heterocycles. The molecule has 1 aromatic rings. The molecule has 1 fully saturated rings. The molecule has 1 aromatic carbocycles. The molecule has 0 spiro atoms. The maximum atomic E-state index is 15.7. The Morgan fingerprint density at radius 1 is 1.29 bits per heavy atom. The average molecular weight is 616 g/mol. The number of carbonyl (C=O) groups is 2. The van der Waals surface area contributed by atoms with Crippen molar-refractivity contribution in [3.8, 4) is 0 Å². The van der Waals surface area contributed by atoms with Crippen molar-refractivity contribution in [1.29, 1.82) is 0 Å². The van der Waals surface area contributed by atoms with Crippen LogP contribution in [-0.4, -0.2) is 42.8 Å².